The van der Waals surface area contributed by atoms with Gasteiger partial charge in [0, 0.05) is 26.2 Å². The third-order valence-electron chi connectivity index (χ3n) is 2.37. The van der Waals surface area contributed by atoms with Gasteiger partial charge in [0.15, 0.2) is 5.76 Å². The van der Waals surface area contributed by atoms with Gasteiger partial charge in [0.1, 0.15) is 0 Å². The molecule has 2 heterocycles. The molecule has 0 atom stereocenters. The van der Waals surface area contributed by atoms with Crippen LogP contribution in [0.1, 0.15) is 10.6 Å². The van der Waals surface area contributed by atoms with Crippen LogP contribution in [0.5, 0.6) is 0 Å². The van der Waals surface area contributed by atoms with Crippen molar-refractivity contribution in [3.8, 4) is 0 Å². The molecule has 0 amide bonds. The summed E-state index contributed by atoms with van der Waals surface area (Å²) >= 11 is 0. The van der Waals surface area contributed by atoms with Crippen molar-refractivity contribution < 1.29 is 9.21 Å². The molecule has 4 nitrogen and oxygen atoms in total. The molecule has 1 saturated heterocycles. The molecule has 1 fully saturated rings. The highest BCUT2D eigenvalue weighted by molar-refractivity contribution is 5.94. The first-order valence-electron chi connectivity index (χ1n) is 4.86. The molecule has 0 bridgehead atoms. The lowest BCUT2D eigenvalue weighted by Crippen LogP contribution is -2.45. The van der Waals surface area contributed by atoms with Gasteiger partial charge in [-0.1, -0.05) is 0 Å². The maximum Gasteiger partial charge on any atom is 0.211 e. The summed E-state index contributed by atoms with van der Waals surface area (Å²) in [4.78, 5) is 13.8. The van der Waals surface area contributed by atoms with Gasteiger partial charge in [-0.3, -0.25) is 9.69 Å². The molecule has 0 radical (unpaired) electrons. The van der Waals surface area contributed by atoms with Crippen molar-refractivity contribution >= 4 is 5.78 Å². The van der Waals surface area contributed by atoms with Gasteiger partial charge in [-0.25, -0.2) is 0 Å². The van der Waals surface area contributed by atoms with Crippen molar-refractivity contribution in [2.75, 3.05) is 32.7 Å². The first-order chi connectivity index (χ1) is 6.86. The average molecular weight is 194 g/mol. The van der Waals surface area contributed by atoms with E-state index in [2.05, 4.69) is 10.2 Å². The second kappa shape index (κ2) is 4.39. The number of piperazine rings is 1. The van der Waals surface area contributed by atoms with Crippen LogP contribution in [0.4, 0.5) is 0 Å². The molecule has 0 aromatic carbocycles. The van der Waals surface area contributed by atoms with Gasteiger partial charge >= 0.3 is 0 Å². The van der Waals surface area contributed by atoms with Crippen molar-refractivity contribution in [3.63, 3.8) is 0 Å². The summed E-state index contributed by atoms with van der Waals surface area (Å²) < 4.78 is 5.04. The summed E-state index contributed by atoms with van der Waals surface area (Å²) in [7, 11) is 0. The van der Waals surface area contributed by atoms with E-state index in [-0.39, 0.29) is 5.78 Å². The van der Waals surface area contributed by atoms with E-state index in [0.29, 0.717) is 12.3 Å². The minimum atomic E-state index is 0.0666. The second-order valence-electron chi connectivity index (χ2n) is 3.43. The molecule has 0 spiro atoms. The summed E-state index contributed by atoms with van der Waals surface area (Å²) in [6.45, 7) is 4.27. The van der Waals surface area contributed by atoms with Crippen molar-refractivity contribution in [3.05, 3.63) is 24.2 Å². The van der Waals surface area contributed by atoms with Crippen LogP contribution < -0.4 is 5.32 Å². The van der Waals surface area contributed by atoms with Crippen molar-refractivity contribution in [2.24, 2.45) is 0 Å². The highest BCUT2D eigenvalue weighted by Crippen LogP contribution is 2.03. The summed E-state index contributed by atoms with van der Waals surface area (Å²) in [5, 5.41) is 3.25. The Kier molecular flexibility index (Phi) is 2.96. The van der Waals surface area contributed by atoms with Crippen molar-refractivity contribution in [2.45, 2.75) is 0 Å². The number of carbonyl (C=O) groups excluding carboxylic acids is 1. The van der Waals surface area contributed by atoms with E-state index in [1.165, 1.54) is 6.26 Å². The lowest BCUT2D eigenvalue weighted by atomic mass is 10.2. The molecule has 2 rings (SSSR count). The zero-order chi connectivity index (χ0) is 9.80. The molecular formula is C10H14N2O2. The van der Waals surface area contributed by atoms with Crippen LogP contribution in [-0.4, -0.2) is 43.4 Å². The number of Topliss-reactive ketones (excluding diaryl/α,β-unsaturated/α-hetero) is 1. The minimum absolute atomic E-state index is 0.0666. The third kappa shape index (κ3) is 2.21. The smallest absolute Gasteiger partial charge is 0.211 e. The van der Waals surface area contributed by atoms with Crippen LogP contribution in [0, 0.1) is 0 Å². The van der Waals surface area contributed by atoms with Crippen molar-refractivity contribution in [1.82, 2.24) is 10.2 Å². The Morgan fingerprint density at radius 3 is 2.93 bits per heavy atom. The average Bonchev–Trinajstić information content (AvgIpc) is 2.72. The zero-order valence-electron chi connectivity index (χ0n) is 8.03. The van der Waals surface area contributed by atoms with E-state index >= 15 is 0 Å². The molecule has 0 unspecified atom stereocenters. The van der Waals surface area contributed by atoms with E-state index in [4.69, 9.17) is 4.42 Å². The standard InChI is InChI=1S/C10H14N2O2/c13-9(10-2-1-7-14-10)8-12-5-3-11-4-6-12/h1-2,7,11H,3-6,8H2. The SMILES string of the molecule is O=C(CN1CCNCC1)c1ccco1. The molecular weight excluding hydrogens is 180 g/mol. The molecule has 1 aromatic heterocycles. The molecule has 0 saturated carbocycles. The lowest BCUT2D eigenvalue weighted by Gasteiger charge is -2.25. The van der Waals surface area contributed by atoms with Gasteiger partial charge in [0.2, 0.25) is 5.78 Å². The van der Waals surface area contributed by atoms with E-state index in [0.717, 1.165) is 26.2 Å². The quantitative estimate of drug-likeness (QED) is 0.706. The number of ketones is 1. The Labute approximate surface area is 82.9 Å². The number of hydrogen-bond acceptors (Lipinski definition) is 4. The van der Waals surface area contributed by atoms with E-state index < -0.39 is 0 Å². The van der Waals surface area contributed by atoms with Crippen LogP contribution in [0.25, 0.3) is 0 Å². The minimum Gasteiger partial charge on any atom is -0.461 e. The first kappa shape index (κ1) is 9.43. The molecule has 1 aliphatic heterocycles. The first-order valence-corrected chi connectivity index (χ1v) is 4.86. The highest BCUT2D eigenvalue weighted by atomic mass is 16.3. The summed E-state index contributed by atoms with van der Waals surface area (Å²) in [6.07, 6.45) is 1.53. The van der Waals surface area contributed by atoms with Crippen LogP contribution in [0.2, 0.25) is 0 Å². The van der Waals surface area contributed by atoms with Gasteiger partial charge in [0.05, 0.1) is 12.8 Å². The molecule has 1 aromatic rings. The zero-order valence-corrected chi connectivity index (χ0v) is 8.03. The van der Waals surface area contributed by atoms with Gasteiger partial charge in [-0.05, 0) is 12.1 Å². The number of furan rings is 1. The normalized spacial score (nSPS) is 18.3. The van der Waals surface area contributed by atoms with Crippen LogP contribution >= 0.6 is 0 Å². The highest BCUT2D eigenvalue weighted by Gasteiger charge is 2.15. The Morgan fingerprint density at radius 2 is 2.29 bits per heavy atom. The Bertz CT molecular complexity index is 289. The number of hydrogen-bond donors (Lipinski definition) is 1. The number of carbonyl (C=O) groups is 1. The second-order valence-corrected chi connectivity index (χ2v) is 3.43. The Hall–Kier alpha value is -1.13. The molecule has 76 valence electrons. The molecule has 1 N–H and O–H groups in total. The van der Waals surface area contributed by atoms with E-state index in [1.807, 2.05) is 0 Å². The maximum absolute atomic E-state index is 11.6. The summed E-state index contributed by atoms with van der Waals surface area (Å²) in [5.74, 6) is 0.528. The third-order valence-corrected chi connectivity index (χ3v) is 2.37. The van der Waals surface area contributed by atoms with E-state index in [1.54, 1.807) is 12.1 Å². The predicted molar refractivity (Wildman–Crippen MR) is 52.3 cm³/mol. The Balaban J connectivity index is 1.87. The number of nitrogens with one attached hydrogen (secondary N) is 1. The van der Waals surface area contributed by atoms with Crippen LogP contribution in [0.3, 0.4) is 0 Å². The largest absolute Gasteiger partial charge is 0.461 e. The number of nitrogens with zero attached hydrogens (tertiary/aromatic N) is 1. The van der Waals surface area contributed by atoms with Crippen LogP contribution in [0.15, 0.2) is 22.8 Å². The van der Waals surface area contributed by atoms with Gasteiger partial charge in [-0.2, -0.15) is 0 Å². The van der Waals surface area contributed by atoms with Gasteiger partial charge < -0.3 is 9.73 Å². The van der Waals surface area contributed by atoms with Gasteiger partial charge in [0.25, 0.3) is 0 Å². The van der Waals surface area contributed by atoms with Crippen molar-refractivity contribution in [1.29, 1.82) is 0 Å². The molecule has 14 heavy (non-hydrogen) atoms. The topological polar surface area (TPSA) is 45.5 Å². The van der Waals surface area contributed by atoms with Gasteiger partial charge in [-0.15, -0.1) is 0 Å². The van der Waals surface area contributed by atoms with E-state index in [9.17, 15) is 4.79 Å². The Morgan fingerprint density at radius 1 is 1.50 bits per heavy atom. The maximum atomic E-state index is 11.6. The fourth-order valence-corrected chi connectivity index (χ4v) is 1.59. The fourth-order valence-electron chi connectivity index (χ4n) is 1.59. The molecule has 4 heteroatoms. The summed E-state index contributed by atoms with van der Waals surface area (Å²) in [5.41, 5.74) is 0. The molecule has 1 aliphatic rings. The summed E-state index contributed by atoms with van der Waals surface area (Å²) in [6, 6.07) is 3.45. The lowest BCUT2D eigenvalue weighted by molar-refractivity contribution is 0.0894. The monoisotopic (exact) mass is 194 g/mol. The predicted octanol–water partition coefficient (Wildman–Crippen LogP) is 0.367. The molecule has 0 aliphatic carbocycles. The number of rotatable bonds is 3. The van der Waals surface area contributed by atoms with Crippen LogP contribution in [-0.2, 0) is 0 Å². The fraction of sp³-hybridized carbons (Fsp3) is 0.500.